The molecule has 1 aromatic heterocycles. The lowest BCUT2D eigenvalue weighted by Crippen LogP contribution is -2.41. The van der Waals surface area contributed by atoms with E-state index < -0.39 is 15.6 Å². The number of nitrogens with one attached hydrogen (secondary N) is 1. The molecule has 0 amide bonds. The summed E-state index contributed by atoms with van der Waals surface area (Å²) in [6, 6.07) is 8.51. The summed E-state index contributed by atoms with van der Waals surface area (Å²) < 4.78 is 33.2. The van der Waals surface area contributed by atoms with Gasteiger partial charge in [-0.1, -0.05) is 6.07 Å². The first-order chi connectivity index (χ1) is 10.3. The minimum atomic E-state index is -3.66. The maximum Gasteiger partial charge on any atom is 0.241 e. The van der Waals surface area contributed by atoms with Gasteiger partial charge in [-0.15, -0.1) is 0 Å². The zero-order valence-corrected chi connectivity index (χ0v) is 13.9. The molecule has 6 heteroatoms. The number of aryl methyl sites for hydroxylation is 1. The standard InChI is InChI=1S/C16H20N2O3S/c1-12-10-14(21-4)7-8-15(12)22(19,20)18-16(2,3)13-6-5-9-17-11-13/h5-11,18H,1-4H3. The number of benzene rings is 1. The van der Waals surface area contributed by atoms with E-state index in [0.717, 1.165) is 5.56 Å². The highest BCUT2D eigenvalue weighted by Crippen LogP contribution is 2.25. The lowest BCUT2D eigenvalue weighted by atomic mass is 9.98. The van der Waals surface area contributed by atoms with Crippen molar-refractivity contribution in [3.8, 4) is 5.75 Å². The molecule has 0 saturated heterocycles. The molecule has 0 saturated carbocycles. The highest BCUT2D eigenvalue weighted by atomic mass is 32.2. The van der Waals surface area contributed by atoms with Crippen molar-refractivity contribution in [1.82, 2.24) is 9.71 Å². The predicted molar refractivity (Wildman–Crippen MR) is 85.3 cm³/mol. The largest absolute Gasteiger partial charge is 0.497 e. The van der Waals surface area contributed by atoms with Gasteiger partial charge in [0.15, 0.2) is 0 Å². The van der Waals surface area contributed by atoms with Crippen LogP contribution in [0.15, 0.2) is 47.6 Å². The van der Waals surface area contributed by atoms with Crippen LogP contribution in [0.3, 0.4) is 0 Å². The summed E-state index contributed by atoms with van der Waals surface area (Å²) in [4.78, 5) is 4.28. The molecule has 0 unspecified atom stereocenters. The Kier molecular flexibility index (Phi) is 4.53. The molecule has 5 nitrogen and oxygen atoms in total. The summed E-state index contributed by atoms with van der Waals surface area (Å²) >= 11 is 0. The fourth-order valence-corrected chi connectivity index (χ4v) is 3.86. The van der Waals surface area contributed by atoms with E-state index in [2.05, 4.69) is 9.71 Å². The number of pyridine rings is 1. The molecule has 1 N–H and O–H groups in total. The molecule has 0 atom stereocenters. The first kappa shape index (κ1) is 16.5. The average Bonchev–Trinajstić information content (AvgIpc) is 2.46. The Morgan fingerprint density at radius 1 is 1.23 bits per heavy atom. The minimum absolute atomic E-state index is 0.241. The van der Waals surface area contributed by atoms with Crippen molar-refractivity contribution in [1.29, 1.82) is 0 Å². The second-order valence-electron chi connectivity index (χ2n) is 5.60. The molecule has 2 rings (SSSR count). The molecule has 1 aromatic carbocycles. The Hall–Kier alpha value is -1.92. The van der Waals surface area contributed by atoms with Gasteiger partial charge in [0, 0.05) is 12.4 Å². The van der Waals surface area contributed by atoms with Crippen LogP contribution in [0.4, 0.5) is 0 Å². The number of aromatic nitrogens is 1. The monoisotopic (exact) mass is 320 g/mol. The Labute approximate surface area is 131 Å². The molecule has 0 bridgehead atoms. The average molecular weight is 320 g/mol. The first-order valence-corrected chi connectivity index (χ1v) is 8.34. The second-order valence-corrected chi connectivity index (χ2v) is 7.25. The van der Waals surface area contributed by atoms with Gasteiger partial charge in [0.05, 0.1) is 17.5 Å². The Morgan fingerprint density at radius 2 is 1.95 bits per heavy atom. The van der Waals surface area contributed by atoms with Crippen LogP contribution in [-0.2, 0) is 15.6 Å². The normalized spacial score (nSPS) is 12.2. The van der Waals surface area contributed by atoms with Crippen LogP contribution < -0.4 is 9.46 Å². The molecular weight excluding hydrogens is 300 g/mol. The van der Waals surface area contributed by atoms with Crippen molar-refractivity contribution < 1.29 is 13.2 Å². The van der Waals surface area contributed by atoms with E-state index in [4.69, 9.17) is 4.74 Å². The topological polar surface area (TPSA) is 68.3 Å². The third-order valence-electron chi connectivity index (χ3n) is 3.44. The van der Waals surface area contributed by atoms with Gasteiger partial charge in [-0.2, -0.15) is 0 Å². The fourth-order valence-electron chi connectivity index (χ4n) is 2.23. The summed E-state index contributed by atoms with van der Waals surface area (Å²) in [6.07, 6.45) is 3.31. The maximum atomic E-state index is 12.7. The number of sulfonamides is 1. The van der Waals surface area contributed by atoms with Crippen LogP contribution in [0.25, 0.3) is 0 Å². The quantitative estimate of drug-likeness (QED) is 0.919. The van der Waals surface area contributed by atoms with Gasteiger partial charge in [0.2, 0.25) is 10.0 Å². The third-order valence-corrected chi connectivity index (χ3v) is 5.26. The van der Waals surface area contributed by atoms with Crippen LogP contribution in [0.2, 0.25) is 0 Å². The molecule has 2 aromatic rings. The fraction of sp³-hybridized carbons (Fsp3) is 0.312. The molecule has 22 heavy (non-hydrogen) atoms. The van der Waals surface area contributed by atoms with E-state index >= 15 is 0 Å². The summed E-state index contributed by atoms with van der Waals surface area (Å²) in [5, 5.41) is 0. The number of hydrogen-bond acceptors (Lipinski definition) is 4. The van der Waals surface area contributed by atoms with E-state index in [1.807, 2.05) is 6.07 Å². The number of nitrogens with zero attached hydrogens (tertiary/aromatic N) is 1. The molecule has 0 radical (unpaired) electrons. The first-order valence-electron chi connectivity index (χ1n) is 6.85. The molecular formula is C16H20N2O3S. The van der Waals surface area contributed by atoms with Crippen LogP contribution in [0.1, 0.15) is 25.0 Å². The lowest BCUT2D eigenvalue weighted by Gasteiger charge is -2.26. The van der Waals surface area contributed by atoms with Crippen molar-refractivity contribution >= 4 is 10.0 Å². The Morgan fingerprint density at radius 3 is 2.50 bits per heavy atom. The van der Waals surface area contributed by atoms with E-state index in [1.54, 1.807) is 64.5 Å². The van der Waals surface area contributed by atoms with Gasteiger partial charge < -0.3 is 4.74 Å². The summed E-state index contributed by atoms with van der Waals surface area (Å²) in [5.74, 6) is 0.628. The van der Waals surface area contributed by atoms with Crippen LogP contribution in [0, 0.1) is 6.92 Å². The molecule has 0 aliphatic heterocycles. The molecule has 0 fully saturated rings. The molecule has 118 valence electrons. The maximum absolute atomic E-state index is 12.7. The van der Waals surface area contributed by atoms with E-state index in [-0.39, 0.29) is 4.90 Å². The SMILES string of the molecule is COc1ccc(S(=O)(=O)NC(C)(C)c2cccnc2)c(C)c1. The Balaban J connectivity index is 2.36. The summed E-state index contributed by atoms with van der Waals surface area (Å²) in [7, 11) is -2.11. The van der Waals surface area contributed by atoms with Crippen molar-refractivity contribution in [2.24, 2.45) is 0 Å². The molecule has 1 heterocycles. The number of rotatable bonds is 5. The van der Waals surface area contributed by atoms with Gasteiger partial charge in [0.25, 0.3) is 0 Å². The van der Waals surface area contributed by atoms with Crippen molar-refractivity contribution in [3.63, 3.8) is 0 Å². The lowest BCUT2D eigenvalue weighted by molar-refractivity contribution is 0.414. The van der Waals surface area contributed by atoms with Gasteiger partial charge in [-0.05, 0) is 56.2 Å². The van der Waals surface area contributed by atoms with Crippen molar-refractivity contribution in [2.45, 2.75) is 31.2 Å². The zero-order valence-electron chi connectivity index (χ0n) is 13.1. The van der Waals surface area contributed by atoms with E-state index in [1.165, 1.54) is 0 Å². The van der Waals surface area contributed by atoms with Crippen LogP contribution in [-0.4, -0.2) is 20.5 Å². The van der Waals surface area contributed by atoms with Gasteiger partial charge in [-0.3, -0.25) is 4.98 Å². The number of methoxy groups -OCH3 is 1. The molecule has 0 aliphatic carbocycles. The van der Waals surface area contributed by atoms with Gasteiger partial charge >= 0.3 is 0 Å². The number of hydrogen-bond donors (Lipinski definition) is 1. The molecule has 0 aliphatic rings. The smallest absolute Gasteiger partial charge is 0.241 e. The highest BCUT2D eigenvalue weighted by Gasteiger charge is 2.29. The second kappa shape index (κ2) is 6.06. The van der Waals surface area contributed by atoms with Gasteiger partial charge in [0.1, 0.15) is 5.75 Å². The zero-order chi connectivity index (χ0) is 16.4. The van der Waals surface area contributed by atoms with E-state index in [9.17, 15) is 8.42 Å². The van der Waals surface area contributed by atoms with E-state index in [0.29, 0.717) is 11.3 Å². The van der Waals surface area contributed by atoms with Crippen LogP contribution >= 0.6 is 0 Å². The van der Waals surface area contributed by atoms with Crippen molar-refractivity contribution in [2.75, 3.05) is 7.11 Å². The minimum Gasteiger partial charge on any atom is -0.497 e. The summed E-state index contributed by atoms with van der Waals surface area (Å²) in [5.41, 5.74) is 0.665. The predicted octanol–water partition coefficient (Wildman–Crippen LogP) is 2.61. The van der Waals surface area contributed by atoms with Gasteiger partial charge in [-0.25, -0.2) is 13.1 Å². The summed E-state index contributed by atoms with van der Waals surface area (Å²) in [6.45, 7) is 5.36. The van der Waals surface area contributed by atoms with Crippen LogP contribution in [0.5, 0.6) is 5.75 Å². The Bertz CT molecular complexity index is 756. The van der Waals surface area contributed by atoms with Crippen molar-refractivity contribution in [3.05, 3.63) is 53.9 Å². The third kappa shape index (κ3) is 3.45. The molecule has 0 spiro atoms. The number of ether oxygens (including phenoxy) is 1. The highest BCUT2D eigenvalue weighted by molar-refractivity contribution is 7.89.